The second kappa shape index (κ2) is 11.4. The molecule has 6 nitrogen and oxygen atoms in total. The summed E-state index contributed by atoms with van der Waals surface area (Å²) in [5, 5.41) is 13.1. The van der Waals surface area contributed by atoms with Crippen LogP contribution in [0.2, 0.25) is 0 Å². The number of rotatable bonds is 8. The first kappa shape index (κ1) is 27.3. The SMILES string of the molecule is CC(F)(F)c1cc(NC(=O)NCc2ccc(CNc3cc(-c4ccccc4)cc4c(Br)cnn34)cc2)ccc1F. The normalized spacial score (nSPS) is 11.4. The quantitative estimate of drug-likeness (QED) is 0.168. The van der Waals surface area contributed by atoms with Crippen LogP contribution in [0.15, 0.2) is 95.6 Å². The Morgan fingerprint density at radius 3 is 2.33 bits per heavy atom. The van der Waals surface area contributed by atoms with Crippen LogP contribution in [0.4, 0.5) is 29.5 Å². The van der Waals surface area contributed by atoms with E-state index in [-0.39, 0.29) is 12.2 Å². The first-order valence-corrected chi connectivity index (χ1v) is 13.2. The molecule has 3 N–H and O–H groups in total. The van der Waals surface area contributed by atoms with E-state index >= 15 is 0 Å². The minimum absolute atomic E-state index is 0.0755. The largest absolute Gasteiger partial charge is 0.366 e. The minimum atomic E-state index is -3.36. The van der Waals surface area contributed by atoms with E-state index in [1.54, 1.807) is 6.20 Å². The topological polar surface area (TPSA) is 70.5 Å². The van der Waals surface area contributed by atoms with E-state index in [0.717, 1.165) is 50.2 Å². The molecule has 2 heterocycles. The highest BCUT2D eigenvalue weighted by Crippen LogP contribution is 2.31. The lowest BCUT2D eigenvalue weighted by Crippen LogP contribution is -2.28. The number of nitrogens with zero attached hydrogens (tertiary/aromatic N) is 2. The molecule has 5 rings (SSSR count). The van der Waals surface area contributed by atoms with Crippen LogP contribution < -0.4 is 16.0 Å². The van der Waals surface area contributed by atoms with Gasteiger partial charge in [-0.3, -0.25) is 0 Å². The summed E-state index contributed by atoms with van der Waals surface area (Å²) in [6, 6.07) is 24.4. The molecular formula is C30H25BrF3N5O. The third kappa shape index (κ3) is 6.28. The van der Waals surface area contributed by atoms with E-state index in [4.69, 9.17) is 0 Å². The van der Waals surface area contributed by atoms with Crippen molar-refractivity contribution in [1.82, 2.24) is 14.9 Å². The average Bonchev–Trinajstić information content (AvgIpc) is 3.32. The van der Waals surface area contributed by atoms with Gasteiger partial charge in [0.1, 0.15) is 11.6 Å². The van der Waals surface area contributed by atoms with Gasteiger partial charge in [0.25, 0.3) is 5.92 Å². The van der Waals surface area contributed by atoms with Crippen molar-refractivity contribution in [3.63, 3.8) is 0 Å². The van der Waals surface area contributed by atoms with Crippen LogP contribution in [0.3, 0.4) is 0 Å². The van der Waals surface area contributed by atoms with Gasteiger partial charge in [0.05, 0.1) is 21.7 Å². The van der Waals surface area contributed by atoms with E-state index in [9.17, 15) is 18.0 Å². The summed E-state index contributed by atoms with van der Waals surface area (Å²) in [6.07, 6.45) is 1.77. The lowest BCUT2D eigenvalue weighted by Gasteiger charge is -2.14. The summed E-state index contributed by atoms with van der Waals surface area (Å²) >= 11 is 3.58. The smallest absolute Gasteiger partial charge is 0.319 e. The van der Waals surface area contributed by atoms with Crippen molar-refractivity contribution < 1.29 is 18.0 Å². The van der Waals surface area contributed by atoms with Crippen molar-refractivity contribution in [2.75, 3.05) is 10.6 Å². The van der Waals surface area contributed by atoms with Gasteiger partial charge in [-0.2, -0.15) is 5.10 Å². The molecular weight excluding hydrogens is 583 g/mol. The number of hydrogen-bond acceptors (Lipinski definition) is 3. The number of fused-ring (bicyclic) bond motifs is 1. The number of benzene rings is 3. The van der Waals surface area contributed by atoms with Crippen LogP contribution >= 0.6 is 15.9 Å². The van der Waals surface area contributed by atoms with E-state index in [0.29, 0.717) is 13.5 Å². The van der Waals surface area contributed by atoms with Crippen LogP contribution in [0.1, 0.15) is 23.6 Å². The van der Waals surface area contributed by atoms with Gasteiger partial charge >= 0.3 is 6.03 Å². The lowest BCUT2D eigenvalue weighted by molar-refractivity contribution is 0.0138. The molecule has 0 spiro atoms. The van der Waals surface area contributed by atoms with Crippen molar-refractivity contribution in [3.05, 3.63) is 118 Å². The van der Waals surface area contributed by atoms with Gasteiger partial charge in [0.2, 0.25) is 0 Å². The number of anilines is 2. The number of aromatic nitrogens is 2. The summed E-state index contributed by atoms with van der Waals surface area (Å²) in [7, 11) is 0. The second-order valence-electron chi connectivity index (χ2n) is 9.35. The van der Waals surface area contributed by atoms with Crippen molar-refractivity contribution in [2.24, 2.45) is 0 Å². The van der Waals surface area contributed by atoms with Crippen LogP contribution in [-0.4, -0.2) is 15.6 Å². The Morgan fingerprint density at radius 1 is 0.925 bits per heavy atom. The van der Waals surface area contributed by atoms with Crippen LogP contribution in [0.25, 0.3) is 16.6 Å². The molecule has 0 saturated carbocycles. The standard InChI is InChI=1S/C30H25BrF3N5O/c1-30(33,34)24-15-23(11-12-26(24)32)38-29(40)36-17-20-9-7-19(8-10-20)16-35-28-14-22(21-5-3-2-4-6-21)13-27-25(31)18-37-39(27)28/h2-15,18,35H,16-17H2,1H3,(H2,36,38,40). The minimum Gasteiger partial charge on any atom is -0.366 e. The molecule has 40 heavy (non-hydrogen) atoms. The molecule has 204 valence electrons. The van der Waals surface area contributed by atoms with E-state index in [1.165, 1.54) is 6.07 Å². The van der Waals surface area contributed by atoms with Crippen LogP contribution in [-0.2, 0) is 19.0 Å². The first-order chi connectivity index (χ1) is 19.2. The summed E-state index contributed by atoms with van der Waals surface area (Å²) in [5.41, 5.74) is 4.29. The molecule has 0 fully saturated rings. The zero-order chi connectivity index (χ0) is 28.3. The number of carbonyl (C=O) groups is 1. The lowest BCUT2D eigenvalue weighted by atomic mass is 10.1. The van der Waals surface area contributed by atoms with Crippen molar-refractivity contribution in [3.8, 4) is 11.1 Å². The molecule has 2 amide bonds. The first-order valence-electron chi connectivity index (χ1n) is 12.4. The predicted octanol–water partition coefficient (Wildman–Crippen LogP) is 7.95. The number of urea groups is 1. The maximum Gasteiger partial charge on any atom is 0.319 e. The van der Waals surface area contributed by atoms with Crippen molar-refractivity contribution in [1.29, 1.82) is 0 Å². The molecule has 10 heteroatoms. The average molecular weight is 608 g/mol. The Bertz CT molecular complexity index is 1650. The monoisotopic (exact) mass is 607 g/mol. The molecule has 5 aromatic rings. The molecule has 0 aliphatic rings. The highest BCUT2D eigenvalue weighted by atomic mass is 79.9. The molecule has 0 aliphatic carbocycles. The summed E-state index contributed by atoms with van der Waals surface area (Å²) in [5.74, 6) is -3.55. The Morgan fingerprint density at radius 2 is 1.62 bits per heavy atom. The third-order valence-corrected chi connectivity index (χ3v) is 6.94. The van der Waals surface area contributed by atoms with Gasteiger partial charge in [-0.25, -0.2) is 22.5 Å². The number of hydrogen-bond donors (Lipinski definition) is 3. The number of carbonyl (C=O) groups excluding carboxylic acids is 1. The van der Waals surface area contributed by atoms with Crippen LogP contribution in [0, 0.1) is 5.82 Å². The fraction of sp³-hybridized carbons (Fsp3) is 0.133. The fourth-order valence-electron chi connectivity index (χ4n) is 4.25. The molecule has 2 aromatic heterocycles. The van der Waals surface area contributed by atoms with E-state index < -0.39 is 23.3 Å². The Balaban J connectivity index is 1.20. The predicted molar refractivity (Wildman–Crippen MR) is 154 cm³/mol. The molecule has 3 aromatic carbocycles. The van der Waals surface area contributed by atoms with E-state index in [2.05, 4.69) is 61.2 Å². The molecule has 0 atom stereocenters. The number of amides is 2. The summed E-state index contributed by atoms with van der Waals surface area (Å²) < 4.78 is 43.6. The molecule has 0 aliphatic heterocycles. The third-order valence-electron chi connectivity index (χ3n) is 6.33. The second-order valence-corrected chi connectivity index (χ2v) is 10.2. The molecule has 0 unspecified atom stereocenters. The van der Waals surface area contributed by atoms with Gasteiger partial charge in [0, 0.05) is 25.7 Å². The van der Waals surface area contributed by atoms with Gasteiger partial charge in [-0.15, -0.1) is 0 Å². The fourth-order valence-corrected chi connectivity index (χ4v) is 4.62. The van der Waals surface area contributed by atoms with Crippen molar-refractivity contribution in [2.45, 2.75) is 25.9 Å². The Hall–Kier alpha value is -4.31. The number of pyridine rings is 1. The summed E-state index contributed by atoms with van der Waals surface area (Å²) in [4.78, 5) is 12.3. The number of nitrogens with one attached hydrogen (secondary N) is 3. The van der Waals surface area contributed by atoms with E-state index in [1.807, 2.05) is 47.0 Å². The van der Waals surface area contributed by atoms with Gasteiger partial charge in [0.15, 0.2) is 0 Å². The Kier molecular flexibility index (Phi) is 7.79. The zero-order valence-electron chi connectivity index (χ0n) is 21.4. The highest BCUT2D eigenvalue weighted by molar-refractivity contribution is 9.10. The summed E-state index contributed by atoms with van der Waals surface area (Å²) in [6.45, 7) is 1.37. The maximum absolute atomic E-state index is 13.7. The molecule has 0 saturated heterocycles. The Labute approximate surface area is 237 Å². The highest BCUT2D eigenvalue weighted by Gasteiger charge is 2.28. The van der Waals surface area contributed by atoms with Gasteiger partial charge < -0.3 is 16.0 Å². The van der Waals surface area contributed by atoms with Crippen molar-refractivity contribution >= 4 is 39.0 Å². The molecule has 0 radical (unpaired) electrons. The zero-order valence-corrected chi connectivity index (χ0v) is 23.0. The maximum atomic E-state index is 13.7. The van der Waals surface area contributed by atoms with Gasteiger partial charge in [-0.1, -0.05) is 54.6 Å². The van der Waals surface area contributed by atoms with Gasteiger partial charge in [-0.05, 0) is 68.5 Å². The number of halogens is 4. The molecule has 0 bridgehead atoms. The van der Waals surface area contributed by atoms with Crippen LogP contribution in [0.5, 0.6) is 0 Å². The number of alkyl halides is 2.